The second-order valence-electron chi connectivity index (χ2n) is 11.4. The quantitative estimate of drug-likeness (QED) is 0.530. The standard InChI is InChI=1S/C27H32F3NO3/c1-14(2)16-9-10-26(11-16)21-18(13-31-22-20(21)19(32)12-25(3,4)24(22)33)23(34-26)15-5-7-17(8-6-15)27(28,29)30/h5-8,13-14,16,19,23-24,32-33H,9-12H2,1-4H3/t16?,19-,23+,24+,26?/m0/s1. The Morgan fingerprint density at radius 3 is 2.35 bits per heavy atom. The van der Waals surface area contributed by atoms with E-state index in [9.17, 15) is 23.4 Å². The summed E-state index contributed by atoms with van der Waals surface area (Å²) >= 11 is 0. The molecule has 2 aromatic rings. The fraction of sp³-hybridized carbons (Fsp3) is 0.593. The van der Waals surface area contributed by atoms with Gasteiger partial charge in [0.15, 0.2) is 0 Å². The first-order valence-electron chi connectivity index (χ1n) is 12.1. The van der Waals surface area contributed by atoms with E-state index in [0.717, 1.165) is 42.5 Å². The van der Waals surface area contributed by atoms with Crippen LogP contribution in [0.3, 0.4) is 0 Å². The maximum Gasteiger partial charge on any atom is 0.416 e. The van der Waals surface area contributed by atoms with Crippen LogP contribution in [0.15, 0.2) is 30.5 Å². The van der Waals surface area contributed by atoms with Crippen molar-refractivity contribution in [3.63, 3.8) is 0 Å². The summed E-state index contributed by atoms with van der Waals surface area (Å²) in [5.74, 6) is 0.897. The molecule has 5 rings (SSSR count). The van der Waals surface area contributed by atoms with Gasteiger partial charge in [-0.05, 0) is 66.2 Å². The number of fused-ring (bicyclic) bond motifs is 4. The molecule has 2 aliphatic carbocycles. The number of ether oxygens (including phenoxy) is 1. The van der Waals surface area contributed by atoms with Gasteiger partial charge in [0.1, 0.15) is 12.2 Å². The van der Waals surface area contributed by atoms with Gasteiger partial charge in [-0.1, -0.05) is 39.8 Å². The van der Waals surface area contributed by atoms with E-state index in [1.54, 1.807) is 6.20 Å². The predicted molar refractivity (Wildman–Crippen MR) is 121 cm³/mol. The Hall–Kier alpha value is -1.96. The van der Waals surface area contributed by atoms with E-state index in [-0.39, 0.29) is 0 Å². The normalized spacial score (nSPS) is 32.3. The highest BCUT2D eigenvalue weighted by atomic mass is 19.4. The lowest BCUT2D eigenvalue weighted by molar-refractivity contribution is -0.137. The molecule has 1 aromatic heterocycles. The van der Waals surface area contributed by atoms with Gasteiger partial charge in [-0.15, -0.1) is 0 Å². The summed E-state index contributed by atoms with van der Waals surface area (Å²) in [6.45, 7) is 8.22. The van der Waals surface area contributed by atoms with Crippen molar-refractivity contribution in [3.8, 4) is 0 Å². The minimum Gasteiger partial charge on any atom is -0.388 e. The summed E-state index contributed by atoms with van der Waals surface area (Å²) in [4.78, 5) is 4.59. The number of hydrogen-bond acceptors (Lipinski definition) is 4. The van der Waals surface area contributed by atoms with Crippen LogP contribution in [0.5, 0.6) is 0 Å². The molecule has 1 spiro atoms. The molecule has 184 valence electrons. The molecule has 4 nitrogen and oxygen atoms in total. The van der Waals surface area contributed by atoms with E-state index in [2.05, 4.69) is 18.8 Å². The summed E-state index contributed by atoms with van der Waals surface area (Å²) in [5, 5.41) is 22.3. The second-order valence-corrected chi connectivity index (χ2v) is 11.4. The van der Waals surface area contributed by atoms with Gasteiger partial charge in [0.05, 0.1) is 23.0 Å². The highest BCUT2D eigenvalue weighted by Gasteiger charge is 2.54. The van der Waals surface area contributed by atoms with Crippen LogP contribution in [0.25, 0.3) is 0 Å². The van der Waals surface area contributed by atoms with E-state index in [4.69, 9.17) is 4.74 Å². The van der Waals surface area contributed by atoms with E-state index >= 15 is 0 Å². The average molecular weight is 476 g/mol. The zero-order valence-electron chi connectivity index (χ0n) is 20.0. The monoisotopic (exact) mass is 475 g/mol. The number of rotatable bonds is 2. The number of aromatic nitrogens is 1. The molecule has 0 saturated heterocycles. The molecule has 2 N–H and O–H groups in total. The van der Waals surface area contributed by atoms with E-state index in [0.29, 0.717) is 35.1 Å². The van der Waals surface area contributed by atoms with Gasteiger partial charge in [0.25, 0.3) is 0 Å². The number of pyridine rings is 1. The van der Waals surface area contributed by atoms with Gasteiger partial charge in [-0.25, -0.2) is 0 Å². The first kappa shape index (κ1) is 23.8. The predicted octanol–water partition coefficient (Wildman–Crippen LogP) is 6.37. The Morgan fingerprint density at radius 1 is 1.09 bits per heavy atom. The number of alkyl halides is 3. The SMILES string of the molecule is CC(C)C1CCC2(C1)O[C@H](c1ccc(C(F)(F)F)cc1)c1cnc3c(c12)[C@@H](O)CC(C)(C)[C@@H]3O. The number of nitrogens with zero attached hydrogens (tertiary/aromatic N) is 1. The van der Waals surface area contributed by atoms with Gasteiger partial charge in [-0.2, -0.15) is 13.2 Å². The lowest BCUT2D eigenvalue weighted by atomic mass is 9.69. The van der Waals surface area contributed by atoms with Crippen molar-refractivity contribution in [2.75, 3.05) is 0 Å². The second kappa shape index (κ2) is 7.77. The topological polar surface area (TPSA) is 62.6 Å². The van der Waals surface area contributed by atoms with Gasteiger partial charge < -0.3 is 14.9 Å². The van der Waals surface area contributed by atoms with Crippen molar-refractivity contribution in [2.24, 2.45) is 17.3 Å². The average Bonchev–Trinajstić information content (AvgIpc) is 3.33. The highest BCUT2D eigenvalue weighted by Crippen LogP contribution is 2.61. The molecule has 2 unspecified atom stereocenters. The lowest BCUT2D eigenvalue weighted by Gasteiger charge is -2.40. The van der Waals surface area contributed by atoms with Gasteiger partial charge >= 0.3 is 6.18 Å². The van der Waals surface area contributed by atoms with Crippen LogP contribution < -0.4 is 0 Å². The number of benzene rings is 1. The number of aliphatic hydroxyl groups is 2. The number of halogens is 3. The van der Waals surface area contributed by atoms with Crippen LogP contribution in [0.1, 0.15) is 105 Å². The Bertz CT molecular complexity index is 1100. The molecule has 2 heterocycles. The summed E-state index contributed by atoms with van der Waals surface area (Å²) in [7, 11) is 0. The summed E-state index contributed by atoms with van der Waals surface area (Å²) < 4.78 is 46.2. The fourth-order valence-corrected chi connectivity index (χ4v) is 6.29. The third-order valence-corrected chi connectivity index (χ3v) is 8.30. The zero-order chi connectivity index (χ0) is 24.6. The molecule has 0 bridgehead atoms. The molecule has 0 amide bonds. The largest absolute Gasteiger partial charge is 0.416 e. The van der Waals surface area contributed by atoms with Crippen molar-refractivity contribution in [2.45, 2.75) is 83.5 Å². The van der Waals surface area contributed by atoms with Gasteiger partial charge in [0, 0.05) is 17.3 Å². The molecular formula is C27H32F3NO3. The maximum absolute atomic E-state index is 13.1. The highest BCUT2D eigenvalue weighted by molar-refractivity contribution is 5.51. The molecule has 1 saturated carbocycles. The van der Waals surface area contributed by atoms with Crippen LogP contribution >= 0.6 is 0 Å². The third-order valence-electron chi connectivity index (χ3n) is 8.30. The third kappa shape index (κ3) is 3.59. The lowest BCUT2D eigenvalue weighted by Crippen LogP contribution is -2.34. The van der Waals surface area contributed by atoms with E-state index < -0.39 is 41.1 Å². The molecule has 5 atom stereocenters. The van der Waals surface area contributed by atoms with Crippen molar-refractivity contribution < 1.29 is 28.1 Å². The summed E-state index contributed by atoms with van der Waals surface area (Å²) in [6, 6.07) is 5.11. The molecule has 34 heavy (non-hydrogen) atoms. The Balaban J connectivity index is 1.66. The Labute approximate surface area is 198 Å². The van der Waals surface area contributed by atoms with Crippen LogP contribution in [0.4, 0.5) is 13.2 Å². The molecule has 1 aliphatic heterocycles. The van der Waals surface area contributed by atoms with Crippen molar-refractivity contribution in [3.05, 3.63) is 64.0 Å². The van der Waals surface area contributed by atoms with Crippen molar-refractivity contribution in [1.29, 1.82) is 0 Å². The van der Waals surface area contributed by atoms with Crippen LogP contribution in [0, 0.1) is 17.3 Å². The van der Waals surface area contributed by atoms with E-state index in [1.165, 1.54) is 12.1 Å². The molecular weight excluding hydrogens is 443 g/mol. The molecule has 3 aliphatic rings. The van der Waals surface area contributed by atoms with Gasteiger partial charge in [-0.3, -0.25) is 4.98 Å². The molecule has 7 heteroatoms. The molecule has 0 radical (unpaired) electrons. The summed E-state index contributed by atoms with van der Waals surface area (Å²) in [6.07, 6.45) is -1.98. The Morgan fingerprint density at radius 2 is 1.76 bits per heavy atom. The first-order valence-corrected chi connectivity index (χ1v) is 12.1. The number of hydrogen-bond donors (Lipinski definition) is 2. The zero-order valence-corrected chi connectivity index (χ0v) is 20.0. The Kier molecular flexibility index (Phi) is 5.43. The van der Waals surface area contributed by atoms with Gasteiger partial charge in [0.2, 0.25) is 0 Å². The minimum absolute atomic E-state index is 0.397. The maximum atomic E-state index is 13.1. The first-order chi connectivity index (χ1) is 15.8. The van der Waals surface area contributed by atoms with Crippen LogP contribution in [0.2, 0.25) is 0 Å². The minimum atomic E-state index is -4.40. The van der Waals surface area contributed by atoms with Crippen LogP contribution in [-0.2, 0) is 16.5 Å². The summed E-state index contributed by atoms with van der Waals surface area (Å²) in [5.41, 5.74) is 1.59. The fourth-order valence-electron chi connectivity index (χ4n) is 6.29. The molecule has 1 fully saturated rings. The van der Waals surface area contributed by atoms with E-state index in [1.807, 2.05) is 13.8 Å². The number of aliphatic hydroxyl groups excluding tert-OH is 2. The van der Waals surface area contributed by atoms with Crippen molar-refractivity contribution >= 4 is 0 Å². The van der Waals surface area contributed by atoms with Crippen LogP contribution in [-0.4, -0.2) is 15.2 Å². The smallest absolute Gasteiger partial charge is 0.388 e. The molecule has 1 aromatic carbocycles. The van der Waals surface area contributed by atoms with Crippen molar-refractivity contribution in [1.82, 2.24) is 4.98 Å².